The summed E-state index contributed by atoms with van der Waals surface area (Å²) >= 11 is 0. The quantitative estimate of drug-likeness (QED) is 0.720. The number of urea groups is 1. The maximum absolute atomic E-state index is 12.2. The van der Waals surface area contributed by atoms with Gasteiger partial charge >= 0.3 is 12.6 Å². The van der Waals surface area contributed by atoms with Crippen molar-refractivity contribution >= 4 is 17.6 Å². The molecule has 0 heterocycles. The van der Waals surface area contributed by atoms with E-state index in [1.165, 1.54) is 24.3 Å². The van der Waals surface area contributed by atoms with Crippen LogP contribution >= 0.6 is 0 Å². The molecule has 0 spiro atoms. The monoisotopic (exact) mass is 315 g/mol. The predicted molar refractivity (Wildman–Crippen MR) is 77.7 cm³/mol. The lowest BCUT2D eigenvalue weighted by Crippen LogP contribution is -2.49. The van der Waals surface area contributed by atoms with Gasteiger partial charge in [0.15, 0.2) is 0 Å². The Morgan fingerprint density at radius 1 is 1.27 bits per heavy atom. The summed E-state index contributed by atoms with van der Waals surface area (Å²) in [5, 5.41) is 4.98. The number of halogens is 2. The van der Waals surface area contributed by atoms with Gasteiger partial charge in [0.25, 0.3) is 0 Å². The summed E-state index contributed by atoms with van der Waals surface area (Å²) in [5.74, 6) is -0.564. The van der Waals surface area contributed by atoms with E-state index in [0.29, 0.717) is 12.1 Å². The van der Waals surface area contributed by atoms with E-state index >= 15 is 0 Å². The normalized spacial score (nSPS) is 13.3. The van der Waals surface area contributed by atoms with Crippen LogP contribution in [0.5, 0.6) is 5.75 Å². The molecule has 0 aliphatic heterocycles. The van der Waals surface area contributed by atoms with Gasteiger partial charge in [-0.15, -0.1) is 0 Å². The van der Waals surface area contributed by atoms with Crippen molar-refractivity contribution in [1.29, 1.82) is 0 Å². The number of carbonyl (C=O) groups excluding carboxylic acids is 2. The largest absolute Gasteiger partial charge is 0.435 e. The van der Waals surface area contributed by atoms with E-state index in [0.717, 1.165) is 0 Å². The zero-order chi connectivity index (χ0) is 16.7. The molecule has 0 bridgehead atoms. The lowest BCUT2D eigenvalue weighted by Gasteiger charge is -2.22. The number of hydrogen-bond acceptors (Lipinski definition) is 3. The van der Waals surface area contributed by atoms with Crippen molar-refractivity contribution in [3.05, 3.63) is 24.3 Å². The van der Waals surface area contributed by atoms with Gasteiger partial charge in [0.2, 0.25) is 5.91 Å². The highest BCUT2D eigenvalue weighted by Crippen LogP contribution is 2.18. The molecule has 8 heteroatoms. The molecule has 6 nitrogen and oxygen atoms in total. The first-order valence-corrected chi connectivity index (χ1v) is 6.75. The van der Waals surface area contributed by atoms with Crippen LogP contribution in [0.25, 0.3) is 0 Å². The summed E-state index contributed by atoms with van der Waals surface area (Å²) in [6, 6.07) is 3.89. The summed E-state index contributed by atoms with van der Waals surface area (Å²) in [6.07, 6.45) is 0.666. The molecule has 0 fully saturated rings. The molecule has 1 rings (SSSR count). The SMILES string of the molecule is CCC(C)C(NC(N)=O)C(=O)Nc1ccc(OC(F)F)cc1. The third-order valence-electron chi connectivity index (χ3n) is 3.14. The van der Waals surface area contributed by atoms with Crippen LogP contribution in [-0.4, -0.2) is 24.6 Å². The molecule has 2 atom stereocenters. The van der Waals surface area contributed by atoms with Gasteiger partial charge in [0.1, 0.15) is 11.8 Å². The molecule has 122 valence electrons. The standard InChI is InChI=1S/C14H19F2N3O3/c1-3-8(2)11(19-14(17)21)12(20)18-9-4-6-10(7-5-9)22-13(15)16/h4-8,11,13H,3H2,1-2H3,(H,18,20)(H3,17,19,21). The zero-order valence-electron chi connectivity index (χ0n) is 12.3. The van der Waals surface area contributed by atoms with Crippen LogP contribution in [0.1, 0.15) is 20.3 Å². The predicted octanol–water partition coefficient (Wildman–Crippen LogP) is 2.31. The third-order valence-corrected chi connectivity index (χ3v) is 3.14. The second kappa shape index (κ2) is 8.16. The Bertz CT molecular complexity index is 509. The Balaban J connectivity index is 2.74. The Labute approximate surface area is 127 Å². The van der Waals surface area contributed by atoms with Gasteiger partial charge < -0.3 is 21.1 Å². The lowest BCUT2D eigenvalue weighted by molar-refractivity contribution is -0.119. The number of ether oxygens (including phenoxy) is 1. The minimum atomic E-state index is -2.91. The van der Waals surface area contributed by atoms with Crippen molar-refractivity contribution < 1.29 is 23.1 Å². The van der Waals surface area contributed by atoms with E-state index in [9.17, 15) is 18.4 Å². The van der Waals surface area contributed by atoms with Crippen LogP contribution in [-0.2, 0) is 4.79 Å². The molecule has 3 amide bonds. The van der Waals surface area contributed by atoms with E-state index in [4.69, 9.17) is 5.73 Å². The third kappa shape index (κ3) is 5.55. The zero-order valence-corrected chi connectivity index (χ0v) is 12.3. The number of benzene rings is 1. The molecular formula is C14H19F2N3O3. The fourth-order valence-electron chi connectivity index (χ4n) is 1.79. The molecule has 0 saturated carbocycles. The molecule has 0 saturated heterocycles. The smallest absolute Gasteiger partial charge is 0.387 e. The lowest BCUT2D eigenvalue weighted by atomic mass is 9.98. The molecular weight excluding hydrogens is 296 g/mol. The second-order valence-electron chi connectivity index (χ2n) is 4.76. The number of anilines is 1. The molecule has 4 N–H and O–H groups in total. The summed E-state index contributed by atoms with van der Waals surface area (Å²) in [6.45, 7) is 0.777. The highest BCUT2D eigenvalue weighted by atomic mass is 19.3. The number of hydrogen-bond donors (Lipinski definition) is 3. The summed E-state index contributed by atoms with van der Waals surface area (Å²) in [4.78, 5) is 23.2. The highest BCUT2D eigenvalue weighted by molar-refractivity contribution is 5.97. The van der Waals surface area contributed by atoms with Gasteiger partial charge in [-0.1, -0.05) is 20.3 Å². The molecule has 0 aliphatic rings. The molecule has 0 radical (unpaired) electrons. The van der Waals surface area contributed by atoms with Gasteiger partial charge in [-0.25, -0.2) is 4.79 Å². The number of carbonyl (C=O) groups is 2. The minimum Gasteiger partial charge on any atom is -0.435 e. The topological polar surface area (TPSA) is 93.5 Å². The number of primary amides is 1. The van der Waals surface area contributed by atoms with E-state index < -0.39 is 24.6 Å². The average Bonchev–Trinajstić information content (AvgIpc) is 2.45. The van der Waals surface area contributed by atoms with E-state index in [-0.39, 0.29) is 11.7 Å². The summed E-state index contributed by atoms with van der Waals surface area (Å²) in [5.41, 5.74) is 5.46. The average molecular weight is 315 g/mol. The molecule has 0 aromatic heterocycles. The fraction of sp³-hybridized carbons (Fsp3) is 0.429. The Kier molecular flexibility index (Phi) is 6.55. The van der Waals surface area contributed by atoms with Gasteiger partial charge in [-0.2, -0.15) is 8.78 Å². The molecule has 1 aromatic carbocycles. The maximum Gasteiger partial charge on any atom is 0.387 e. The van der Waals surface area contributed by atoms with E-state index in [1.807, 2.05) is 6.92 Å². The minimum absolute atomic E-state index is 0.0123. The van der Waals surface area contributed by atoms with Crippen molar-refractivity contribution in [3.63, 3.8) is 0 Å². The van der Waals surface area contributed by atoms with Gasteiger partial charge in [-0.3, -0.25) is 4.79 Å². The molecule has 1 aromatic rings. The molecule has 2 unspecified atom stereocenters. The fourth-order valence-corrected chi connectivity index (χ4v) is 1.79. The van der Waals surface area contributed by atoms with Crippen molar-refractivity contribution in [3.8, 4) is 5.75 Å². The van der Waals surface area contributed by atoms with Crippen molar-refractivity contribution in [2.45, 2.75) is 32.9 Å². The summed E-state index contributed by atoms with van der Waals surface area (Å²) in [7, 11) is 0. The van der Waals surface area contributed by atoms with E-state index in [2.05, 4.69) is 15.4 Å². The first-order valence-electron chi connectivity index (χ1n) is 6.75. The first-order chi connectivity index (χ1) is 10.3. The highest BCUT2D eigenvalue weighted by Gasteiger charge is 2.25. The first kappa shape index (κ1) is 17.7. The summed E-state index contributed by atoms with van der Waals surface area (Å²) < 4.78 is 28.3. The van der Waals surface area contributed by atoms with Crippen LogP contribution in [0, 0.1) is 5.92 Å². The van der Waals surface area contributed by atoms with Crippen LogP contribution in [0.2, 0.25) is 0 Å². The van der Waals surface area contributed by atoms with Crippen LogP contribution in [0.15, 0.2) is 24.3 Å². The van der Waals surface area contributed by atoms with Crippen molar-refractivity contribution in [1.82, 2.24) is 5.32 Å². The number of amides is 3. The van der Waals surface area contributed by atoms with Crippen molar-refractivity contribution in [2.75, 3.05) is 5.32 Å². The van der Waals surface area contributed by atoms with Crippen LogP contribution in [0.3, 0.4) is 0 Å². The Hall–Kier alpha value is -2.38. The van der Waals surface area contributed by atoms with Crippen LogP contribution < -0.4 is 21.1 Å². The van der Waals surface area contributed by atoms with E-state index in [1.54, 1.807) is 6.92 Å². The number of nitrogens with one attached hydrogen (secondary N) is 2. The molecule has 22 heavy (non-hydrogen) atoms. The van der Waals surface area contributed by atoms with Crippen molar-refractivity contribution in [2.24, 2.45) is 11.7 Å². The maximum atomic E-state index is 12.2. The van der Waals surface area contributed by atoms with Crippen LogP contribution in [0.4, 0.5) is 19.3 Å². The second-order valence-corrected chi connectivity index (χ2v) is 4.76. The Morgan fingerprint density at radius 3 is 2.32 bits per heavy atom. The number of alkyl halides is 2. The Morgan fingerprint density at radius 2 is 1.86 bits per heavy atom. The van der Waals surface area contributed by atoms with Gasteiger partial charge in [0.05, 0.1) is 0 Å². The number of nitrogens with two attached hydrogens (primary N) is 1. The molecule has 0 aliphatic carbocycles. The van der Waals surface area contributed by atoms with Gasteiger partial charge in [0, 0.05) is 5.69 Å². The van der Waals surface area contributed by atoms with Gasteiger partial charge in [-0.05, 0) is 30.2 Å². The number of rotatable bonds is 7.